The van der Waals surface area contributed by atoms with Gasteiger partial charge in [0.05, 0.1) is 0 Å². The molecule has 0 aliphatic carbocycles. The van der Waals surface area contributed by atoms with Crippen LogP contribution < -0.4 is 5.32 Å². The smallest absolute Gasteiger partial charge is 0.323 e. The standard InChI is InChI=1S/C18H28N2O3/c1-13(2)11-15(19-3)18(22)23-16(17(21)20(4)5)12-14-9-7-6-8-10-14/h6-10,13,15-16,19H,11-12H2,1-5H3/t15-,16+/m0/s1. The van der Waals surface area contributed by atoms with Crippen molar-refractivity contribution in [3.05, 3.63) is 35.9 Å². The molecule has 0 aliphatic heterocycles. The lowest BCUT2D eigenvalue weighted by Crippen LogP contribution is -2.44. The van der Waals surface area contributed by atoms with Gasteiger partial charge in [-0.25, -0.2) is 0 Å². The number of likely N-dealkylation sites (N-methyl/N-ethyl adjacent to an activating group) is 2. The Labute approximate surface area is 139 Å². The zero-order valence-corrected chi connectivity index (χ0v) is 14.7. The normalized spacial score (nSPS) is 13.5. The van der Waals surface area contributed by atoms with Crippen LogP contribution in [-0.4, -0.2) is 50.1 Å². The molecule has 5 heteroatoms. The third-order valence-electron chi connectivity index (χ3n) is 3.58. The van der Waals surface area contributed by atoms with Crippen molar-refractivity contribution in [2.45, 2.75) is 38.8 Å². The molecular formula is C18H28N2O3. The summed E-state index contributed by atoms with van der Waals surface area (Å²) in [6.07, 6.45) is 0.244. The zero-order chi connectivity index (χ0) is 17.4. The maximum absolute atomic E-state index is 12.4. The monoisotopic (exact) mass is 320 g/mol. The van der Waals surface area contributed by atoms with Crippen molar-refractivity contribution in [3.63, 3.8) is 0 Å². The molecule has 1 rings (SSSR count). The van der Waals surface area contributed by atoms with Gasteiger partial charge in [0.25, 0.3) is 5.91 Å². The molecule has 1 aromatic rings. The SMILES string of the molecule is CN[C@@H](CC(C)C)C(=O)O[C@H](Cc1ccccc1)C(=O)N(C)C. The molecule has 0 radical (unpaired) electrons. The molecule has 0 unspecified atom stereocenters. The zero-order valence-electron chi connectivity index (χ0n) is 14.7. The van der Waals surface area contributed by atoms with E-state index in [4.69, 9.17) is 4.74 Å². The molecule has 5 nitrogen and oxygen atoms in total. The van der Waals surface area contributed by atoms with Gasteiger partial charge in [-0.2, -0.15) is 0 Å². The predicted molar refractivity (Wildman–Crippen MR) is 91.0 cm³/mol. The lowest BCUT2D eigenvalue weighted by molar-refractivity contribution is -0.161. The molecular weight excluding hydrogens is 292 g/mol. The summed E-state index contributed by atoms with van der Waals surface area (Å²) in [5.74, 6) is -0.226. The Hall–Kier alpha value is -1.88. The highest BCUT2D eigenvalue weighted by atomic mass is 16.5. The van der Waals surface area contributed by atoms with Crippen molar-refractivity contribution >= 4 is 11.9 Å². The van der Waals surface area contributed by atoms with E-state index in [1.165, 1.54) is 4.90 Å². The van der Waals surface area contributed by atoms with E-state index in [0.29, 0.717) is 18.8 Å². The molecule has 0 spiro atoms. The molecule has 0 fully saturated rings. The molecule has 1 amide bonds. The average Bonchev–Trinajstić information content (AvgIpc) is 2.51. The van der Waals surface area contributed by atoms with Gasteiger partial charge < -0.3 is 15.0 Å². The minimum absolute atomic E-state index is 0.207. The number of ether oxygens (including phenoxy) is 1. The second kappa shape index (κ2) is 9.30. The predicted octanol–water partition coefficient (Wildman–Crippen LogP) is 1.86. The van der Waals surface area contributed by atoms with Gasteiger partial charge in [0.15, 0.2) is 6.10 Å². The largest absolute Gasteiger partial charge is 0.451 e. The van der Waals surface area contributed by atoms with Crippen LogP contribution in [-0.2, 0) is 20.7 Å². The van der Waals surface area contributed by atoms with Gasteiger partial charge in [0.2, 0.25) is 0 Å². The molecule has 0 aliphatic rings. The van der Waals surface area contributed by atoms with Gasteiger partial charge in [0.1, 0.15) is 6.04 Å². The van der Waals surface area contributed by atoms with Crippen molar-refractivity contribution in [3.8, 4) is 0 Å². The third-order valence-corrected chi connectivity index (χ3v) is 3.58. The van der Waals surface area contributed by atoms with Crippen LogP contribution in [0, 0.1) is 5.92 Å². The second-order valence-electron chi connectivity index (χ2n) is 6.32. The lowest BCUT2D eigenvalue weighted by atomic mass is 10.0. The number of esters is 1. The first kappa shape index (κ1) is 19.2. The van der Waals surface area contributed by atoms with Crippen molar-refractivity contribution in [2.24, 2.45) is 5.92 Å². The van der Waals surface area contributed by atoms with Gasteiger partial charge in [-0.05, 0) is 24.9 Å². The van der Waals surface area contributed by atoms with E-state index in [1.54, 1.807) is 21.1 Å². The Bertz CT molecular complexity index is 500. The van der Waals surface area contributed by atoms with E-state index in [2.05, 4.69) is 5.32 Å². The molecule has 0 saturated carbocycles. The van der Waals surface area contributed by atoms with E-state index in [-0.39, 0.29) is 11.9 Å². The summed E-state index contributed by atoms with van der Waals surface area (Å²) in [4.78, 5) is 26.2. The Morgan fingerprint density at radius 1 is 1.17 bits per heavy atom. The molecule has 0 aromatic heterocycles. The number of hydrogen-bond donors (Lipinski definition) is 1. The average molecular weight is 320 g/mol. The lowest BCUT2D eigenvalue weighted by Gasteiger charge is -2.24. The summed E-state index contributed by atoms with van der Waals surface area (Å²) < 4.78 is 5.54. The number of nitrogens with one attached hydrogen (secondary N) is 1. The minimum Gasteiger partial charge on any atom is -0.451 e. The Morgan fingerprint density at radius 2 is 1.78 bits per heavy atom. The van der Waals surface area contributed by atoms with Crippen LogP contribution in [0.2, 0.25) is 0 Å². The molecule has 0 bridgehead atoms. The molecule has 1 N–H and O–H groups in total. The highest BCUT2D eigenvalue weighted by molar-refractivity contribution is 5.85. The van der Waals surface area contributed by atoms with E-state index in [1.807, 2.05) is 44.2 Å². The Balaban J connectivity index is 2.83. The summed E-state index contributed by atoms with van der Waals surface area (Å²) in [5, 5.41) is 2.97. The van der Waals surface area contributed by atoms with Crippen molar-refractivity contribution < 1.29 is 14.3 Å². The number of carbonyl (C=O) groups is 2. The summed E-state index contributed by atoms with van der Waals surface area (Å²) in [7, 11) is 5.06. The van der Waals surface area contributed by atoms with Crippen molar-refractivity contribution in [2.75, 3.05) is 21.1 Å². The quantitative estimate of drug-likeness (QED) is 0.743. The topological polar surface area (TPSA) is 58.6 Å². The van der Waals surface area contributed by atoms with Gasteiger partial charge in [-0.15, -0.1) is 0 Å². The molecule has 0 heterocycles. The fourth-order valence-electron chi connectivity index (χ4n) is 2.32. The summed E-state index contributed by atoms with van der Waals surface area (Å²) >= 11 is 0. The Kier molecular flexibility index (Phi) is 7.75. The number of rotatable bonds is 8. The molecule has 1 aromatic carbocycles. The van der Waals surface area contributed by atoms with Gasteiger partial charge >= 0.3 is 5.97 Å². The number of amides is 1. The minimum atomic E-state index is -0.803. The maximum atomic E-state index is 12.4. The Morgan fingerprint density at radius 3 is 2.26 bits per heavy atom. The molecule has 23 heavy (non-hydrogen) atoms. The van der Waals surface area contributed by atoms with Gasteiger partial charge in [-0.3, -0.25) is 9.59 Å². The highest BCUT2D eigenvalue weighted by Gasteiger charge is 2.28. The van der Waals surface area contributed by atoms with Gasteiger partial charge in [-0.1, -0.05) is 44.2 Å². The van der Waals surface area contributed by atoms with Crippen LogP contribution in [0.25, 0.3) is 0 Å². The van der Waals surface area contributed by atoms with E-state index < -0.39 is 12.1 Å². The van der Waals surface area contributed by atoms with Crippen molar-refractivity contribution in [1.82, 2.24) is 10.2 Å². The van der Waals surface area contributed by atoms with Crippen LogP contribution in [0.4, 0.5) is 0 Å². The van der Waals surface area contributed by atoms with Gasteiger partial charge in [0, 0.05) is 20.5 Å². The third kappa shape index (κ3) is 6.40. The second-order valence-corrected chi connectivity index (χ2v) is 6.32. The molecule has 128 valence electrons. The molecule has 2 atom stereocenters. The number of benzene rings is 1. The first-order valence-electron chi connectivity index (χ1n) is 7.98. The van der Waals surface area contributed by atoms with Crippen molar-refractivity contribution in [1.29, 1.82) is 0 Å². The van der Waals surface area contributed by atoms with Crippen LogP contribution in [0.15, 0.2) is 30.3 Å². The van der Waals surface area contributed by atoms with Crippen LogP contribution in [0.1, 0.15) is 25.8 Å². The van der Waals surface area contributed by atoms with E-state index in [0.717, 1.165) is 5.56 Å². The van der Waals surface area contributed by atoms with Crippen LogP contribution in [0.3, 0.4) is 0 Å². The summed E-state index contributed by atoms with van der Waals surface area (Å²) in [6.45, 7) is 4.09. The first-order chi connectivity index (χ1) is 10.8. The first-order valence-corrected chi connectivity index (χ1v) is 7.98. The number of carbonyl (C=O) groups excluding carboxylic acids is 2. The van der Waals surface area contributed by atoms with Crippen LogP contribution in [0.5, 0.6) is 0 Å². The number of hydrogen-bond acceptors (Lipinski definition) is 4. The van der Waals surface area contributed by atoms with E-state index in [9.17, 15) is 9.59 Å². The maximum Gasteiger partial charge on any atom is 0.323 e. The van der Waals surface area contributed by atoms with E-state index >= 15 is 0 Å². The fourth-order valence-corrected chi connectivity index (χ4v) is 2.32. The summed E-state index contributed by atoms with van der Waals surface area (Å²) in [6, 6.07) is 9.18. The van der Waals surface area contributed by atoms with Crippen LogP contribution >= 0.6 is 0 Å². The highest BCUT2D eigenvalue weighted by Crippen LogP contribution is 2.12. The fraction of sp³-hybridized carbons (Fsp3) is 0.556. The number of nitrogens with zero attached hydrogens (tertiary/aromatic N) is 1. The molecule has 0 saturated heterocycles. The summed E-state index contributed by atoms with van der Waals surface area (Å²) in [5.41, 5.74) is 0.963.